The lowest BCUT2D eigenvalue weighted by molar-refractivity contribution is -0.116. The number of aromatic nitrogens is 1. The Kier molecular flexibility index (Phi) is 4.21. The predicted octanol–water partition coefficient (Wildman–Crippen LogP) is 4.23. The molecule has 1 atom stereocenters. The highest BCUT2D eigenvalue weighted by atomic mass is 35.5. The molecular weight excluding hydrogens is 314 g/mol. The Morgan fingerprint density at radius 2 is 1.87 bits per heavy atom. The Morgan fingerprint density at radius 1 is 1.17 bits per heavy atom. The third-order valence-electron chi connectivity index (χ3n) is 3.38. The van der Waals surface area contributed by atoms with Gasteiger partial charge in [-0.1, -0.05) is 11.6 Å². The zero-order valence-electron chi connectivity index (χ0n) is 12.8. The van der Waals surface area contributed by atoms with Gasteiger partial charge in [-0.15, -0.1) is 0 Å². The highest BCUT2D eigenvalue weighted by Crippen LogP contribution is 2.20. The van der Waals surface area contributed by atoms with Gasteiger partial charge in [0.1, 0.15) is 11.6 Å². The number of halogens is 1. The summed E-state index contributed by atoms with van der Waals surface area (Å²) in [5.74, 6) is 0.481. The number of anilines is 2. The molecule has 0 aliphatic carbocycles. The topological polar surface area (TPSA) is 67.2 Å². The smallest absolute Gasteiger partial charge is 0.246 e. The van der Waals surface area contributed by atoms with Gasteiger partial charge in [-0.3, -0.25) is 4.79 Å². The van der Waals surface area contributed by atoms with Crippen LogP contribution >= 0.6 is 11.6 Å². The maximum absolute atomic E-state index is 12.2. The first-order chi connectivity index (χ1) is 11.0. The molecular formula is C17H16ClN3O2. The number of benzene rings is 2. The number of carbonyl (C=O) groups excluding carboxylic acids is 1. The van der Waals surface area contributed by atoms with Crippen molar-refractivity contribution >= 4 is 40.0 Å². The molecule has 23 heavy (non-hydrogen) atoms. The summed E-state index contributed by atoms with van der Waals surface area (Å²) < 4.78 is 5.43. The van der Waals surface area contributed by atoms with Gasteiger partial charge in [-0.2, -0.15) is 0 Å². The van der Waals surface area contributed by atoms with Crippen LogP contribution in [-0.4, -0.2) is 16.9 Å². The summed E-state index contributed by atoms with van der Waals surface area (Å²) >= 11 is 5.83. The van der Waals surface area contributed by atoms with Crippen molar-refractivity contribution < 1.29 is 9.21 Å². The van der Waals surface area contributed by atoms with E-state index in [1.165, 1.54) is 0 Å². The number of amides is 1. The number of nitrogens with zero attached hydrogens (tertiary/aromatic N) is 1. The van der Waals surface area contributed by atoms with Gasteiger partial charge in [0.15, 0.2) is 11.5 Å². The van der Waals surface area contributed by atoms with Crippen molar-refractivity contribution in [2.75, 3.05) is 10.6 Å². The predicted molar refractivity (Wildman–Crippen MR) is 91.9 cm³/mol. The third-order valence-corrected chi connectivity index (χ3v) is 3.63. The summed E-state index contributed by atoms with van der Waals surface area (Å²) in [5.41, 5.74) is 3.00. The van der Waals surface area contributed by atoms with Gasteiger partial charge in [0.2, 0.25) is 5.91 Å². The molecule has 0 bridgehead atoms. The van der Waals surface area contributed by atoms with Crippen molar-refractivity contribution in [1.29, 1.82) is 0 Å². The fourth-order valence-corrected chi connectivity index (χ4v) is 2.36. The lowest BCUT2D eigenvalue weighted by Gasteiger charge is -2.15. The van der Waals surface area contributed by atoms with E-state index in [9.17, 15) is 4.79 Å². The van der Waals surface area contributed by atoms with Crippen LogP contribution in [0.25, 0.3) is 11.1 Å². The van der Waals surface area contributed by atoms with Gasteiger partial charge in [-0.25, -0.2) is 4.98 Å². The van der Waals surface area contributed by atoms with E-state index in [4.69, 9.17) is 16.0 Å². The van der Waals surface area contributed by atoms with E-state index in [1.807, 2.05) is 18.2 Å². The molecule has 0 radical (unpaired) electrons. The van der Waals surface area contributed by atoms with Crippen LogP contribution < -0.4 is 10.6 Å². The van der Waals surface area contributed by atoms with E-state index in [-0.39, 0.29) is 5.91 Å². The van der Waals surface area contributed by atoms with E-state index < -0.39 is 6.04 Å². The molecule has 0 aliphatic rings. The van der Waals surface area contributed by atoms with Gasteiger partial charge in [0.05, 0.1) is 0 Å². The summed E-state index contributed by atoms with van der Waals surface area (Å²) in [6.07, 6.45) is 0. The normalized spacial score (nSPS) is 12.1. The number of aryl methyl sites for hydroxylation is 1. The van der Waals surface area contributed by atoms with E-state index in [0.717, 1.165) is 16.8 Å². The molecule has 5 nitrogen and oxygen atoms in total. The molecule has 6 heteroatoms. The van der Waals surface area contributed by atoms with E-state index in [0.29, 0.717) is 16.6 Å². The summed E-state index contributed by atoms with van der Waals surface area (Å²) in [7, 11) is 0. The van der Waals surface area contributed by atoms with Gasteiger partial charge < -0.3 is 15.1 Å². The summed E-state index contributed by atoms with van der Waals surface area (Å²) in [4.78, 5) is 16.5. The monoisotopic (exact) mass is 329 g/mol. The highest BCUT2D eigenvalue weighted by Gasteiger charge is 2.13. The Balaban J connectivity index is 1.67. The second-order valence-electron chi connectivity index (χ2n) is 5.28. The fraction of sp³-hybridized carbons (Fsp3) is 0.176. The van der Waals surface area contributed by atoms with Crippen LogP contribution in [0, 0.1) is 6.92 Å². The lowest BCUT2D eigenvalue weighted by Crippen LogP contribution is -2.31. The molecule has 1 amide bonds. The molecule has 118 valence electrons. The summed E-state index contributed by atoms with van der Waals surface area (Å²) in [5, 5.41) is 6.62. The molecule has 0 fully saturated rings. The maximum atomic E-state index is 12.2. The van der Waals surface area contributed by atoms with Crippen molar-refractivity contribution in [3.63, 3.8) is 0 Å². The van der Waals surface area contributed by atoms with Crippen molar-refractivity contribution in [3.8, 4) is 0 Å². The van der Waals surface area contributed by atoms with Crippen LogP contribution in [0.5, 0.6) is 0 Å². The largest absolute Gasteiger partial charge is 0.441 e. The SMILES string of the molecule is Cc1nc2cc(N[C@@H](C)C(=O)Nc3ccc(Cl)cc3)ccc2o1. The number of oxazole rings is 1. The maximum Gasteiger partial charge on any atom is 0.246 e. The molecule has 1 heterocycles. The molecule has 0 unspecified atom stereocenters. The summed E-state index contributed by atoms with van der Waals surface area (Å²) in [6.45, 7) is 3.60. The minimum absolute atomic E-state index is 0.135. The number of rotatable bonds is 4. The zero-order valence-corrected chi connectivity index (χ0v) is 13.5. The van der Waals surface area contributed by atoms with Crippen molar-refractivity contribution in [1.82, 2.24) is 4.98 Å². The molecule has 3 rings (SSSR count). The Morgan fingerprint density at radius 3 is 2.61 bits per heavy atom. The minimum atomic E-state index is -0.406. The van der Waals surface area contributed by atoms with Crippen molar-refractivity contribution in [3.05, 3.63) is 53.4 Å². The highest BCUT2D eigenvalue weighted by molar-refractivity contribution is 6.30. The molecule has 1 aromatic heterocycles. The standard InChI is InChI=1S/C17H16ClN3O2/c1-10(17(22)21-13-5-3-12(18)4-6-13)19-14-7-8-16-15(9-14)20-11(2)23-16/h3-10,19H,1-2H3,(H,21,22)/t10-/m0/s1. The zero-order chi connectivity index (χ0) is 16.4. The first kappa shape index (κ1) is 15.4. The van der Waals surface area contributed by atoms with E-state index in [2.05, 4.69) is 15.6 Å². The van der Waals surface area contributed by atoms with E-state index >= 15 is 0 Å². The Labute approximate surface area is 138 Å². The minimum Gasteiger partial charge on any atom is -0.441 e. The average Bonchev–Trinajstić information content (AvgIpc) is 2.88. The Hall–Kier alpha value is -2.53. The van der Waals surface area contributed by atoms with Crippen LogP contribution in [0.1, 0.15) is 12.8 Å². The second kappa shape index (κ2) is 6.30. The van der Waals surface area contributed by atoms with Gasteiger partial charge in [0.25, 0.3) is 0 Å². The lowest BCUT2D eigenvalue weighted by atomic mass is 10.2. The second-order valence-corrected chi connectivity index (χ2v) is 5.71. The number of fused-ring (bicyclic) bond motifs is 1. The van der Waals surface area contributed by atoms with Crippen LogP contribution in [0.2, 0.25) is 5.02 Å². The molecule has 0 saturated carbocycles. The average molecular weight is 330 g/mol. The van der Waals surface area contributed by atoms with Gasteiger partial charge in [-0.05, 0) is 49.4 Å². The third kappa shape index (κ3) is 3.63. The quantitative estimate of drug-likeness (QED) is 0.751. The number of carbonyl (C=O) groups is 1. The van der Waals surface area contributed by atoms with Gasteiger partial charge >= 0.3 is 0 Å². The molecule has 0 spiro atoms. The molecule has 3 aromatic rings. The fourth-order valence-electron chi connectivity index (χ4n) is 2.23. The number of nitrogens with one attached hydrogen (secondary N) is 2. The van der Waals surface area contributed by atoms with Gasteiger partial charge in [0, 0.05) is 23.3 Å². The summed E-state index contributed by atoms with van der Waals surface area (Å²) in [6, 6.07) is 12.1. The van der Waals surface area contributed by atoms with E-state index in [1.54, 1.807) is 38.1 Å². The van der Waals surface area contributed by atoms with Crippen LogP contribution in [0.4, 0.5) is 11.4 Å². The molecule has 2 N–H and O–H groups in total. The number of hydrogen-bond acceptors (Lipinski definition) is 4. The van der Waals surface area contributed by atoms with Crippen LogP contribution in [-0.2, 0) is 4.79 Å². The van der Waals surface area contributed by atoms with Crippen molar-refractivity contribution in [2.45, 2.75) is 19.9 Å². The van der Waals surface area contributed by atoms with Crippen molar-refractivity contribution in [2.24, 2.45) is 0 Å². The molecule has 0 saturated heterocycles. The molecule has 2 aromatic carbocycles. The van der Waals surface area contributed by atoms with Crippen LogP contribution in [0.3, 0.4) is 0 Å². The van der Waals surface area contributed by atoms with Crippen LogP contribution in [0.15, 0.2) is 46.9 Å². The molecule has 0 aliphatic heterocycles. The number of hydrogen-bond donors (Lipinski definition) is 2. The first-order valence-corrected chi connectivity index (χ1v) is 7.59. The first-order valence-electron chi connectivity index (χ1n) is 7.21. The Bertz CT molecular complexity index is 843.